The van der Waals surface area contributed by atoms with Crippen molar-refractivity contribution in [1.82, 2.24) is 9.62 Å². The molecule has 1 fully saturated rings. The highest BCUT2D eigenvalue weighted by molar-refractivity contribution is 7.90. The third-order valence-electron chi connectivity index (χ3n) is 4.61. The third kappa shape index (κ3) is 3.76. The minimum Gasteiger partial charge on any atom is -0.338 e. The standard InChI is InChI=1S/C18H22N2O3S/c1-19-24(22,23)13-18(21)20-10-4-7-17(20)12-14-8-9-15-5-2-3-6-16(15)11-14/h2-3,5-6,8-9,11,17,19H,4,7,10,12-13H2,1H3/t17-/m0/s1. The van der Waals surface area contributed by atoms with Crippen molar-refractivity contribution >= 4 is 26.7 Å². The Balaban J connectivity index is 1.74. The second kappa shape index (κ2) is 6.91. The zero-order valence-electron chi connectivity index (χ0n) is 13.7. The Morgan fingerprint density at radius 2 is 1.96 bits per heavy atom. The number of carbonyl (C=O) groups is 1. The Morgan fingerprint density at radius 1 is 1.21 bits per heavy atom. The number of fused-ring (bicyclic) bond motifs is 1. The first-order valence-corrected chi connectivity index (χ1v) is 9.82. The molecule has 5 nitrogen and oxygen atoms in total. The summed E-state index contributed by atoms with van der Waals surface area (Å²) in [5.74, 6) is -0.787. The Morgan fingerprint density at radius 3 is 2.71 bits per heavy atom. The summed E-state index contributed by atoms with van der Waals surface area (Å²) < 4.78 is 25.4. The van der Waals surface area contributed by atoms with E-state index in [0.29, 0.717) is 6.54 Å². The number of hydrogen-bond acceptors (Lipinski definition) is 3. The number of rotatable bonds is 5. The fourth-order valence-electron chi connectivity index (χ4n) is 3.33. The summed E-state index contributed by atoms with van der Waals surface area (Å²) in [6.45, 7) is 0.635. The van der Waals surface area contributed by atoms with Gasteiger partial charge in [0.25, 0.3) is 0 Å². The van der Waals surface area contributed by atoms with Gasteiger partial charge in [0.05, 0.1) is 0 Å². The quantitative estimate of drug-likeness (QED) is 0.899. The van der Waals surface area contributed by atoms with Crippen molar-refractivity contribution in [3.05, 3.63) is 48.0 Å². The maximum atomic E-state index is 12.3. The molecule has 24 heavy (non-hydrogen) atoms. The number of nitrogens with zero attached hydrogens (tertiary/aromatic N) is 1. The summed E-state index contributed by atoms with van der Waals surface area (Å²) in [5, 5.41) is 2.38. The van der Waals surface area contributed by atoms with E-state index >= 15 is 0 Å². The van der Waals surface area contributed by atoms with Gasteiger partial charge in [0.1, 0.15) is 5.75 Å². The van der Waals surface area contributed by atoms with Gasteiger partial charge >= 0.3 is 0 Å². The Bertz CT molecular complexity index is 848. The minimum atomic E-state index is -3.52. The fraction of sp³-hybridized carbons (Fsp3) is 0.389. The van der Waals surface area contributed by atoms with Crippen LogP contribution in [0.3, 0.4) is 0 Å². The van der Waals surface area contributed by atoms with Crippen molar-refractivity contribution in [1.29, 1.82) is 0 Å². The molecule has 128 valence electrons. The van der Waals surface area contributed by atoms with Crippen LogP contribution in [-0.4, -0.2) is 44.6 Å². The lowest BCUT2D eigenvalue weighted by Crippen LogP contribution is -2.42. The summed E-state index contributed by atoms with van der Waals surface area (Å²) in [4.78, 5) is 14.1. The molecule has 1 saturated heterocycles. The summed E-state index contributed by atoms with van der Waals surface area (Å²) >= 11 is 0. The lowest BCUT2D eigenvalue weighted by Gasteiger charge is -2.25. The zero-order chi connectivity index (χ0) is 17.2. The molecular formula is C18H22N2O3S. The van der Waals surface area contributed by atoms with E-state index in [9.17, 15) is 13.2 Å². The van der Waals surface area contributed by atoms with Gasteiger partial charge in [-0.1, -0.05) is 42.5 Å². The van der Waals surface area contributed by atoms with Crippen molar-refractivity contribution in [3.8, 4) is 0 Å². The van der Waals surface area contributed by atoms with Gasteiger partial charge in [-0.3, -0.25) is 4.79 Å². The number of sulfonamides is 1. The van der Waals surface area contributed by atoms with Crippen molar-refractivity contribution < 1.29 is 13.2 Å². The Hall–Kier alpha value is -1.92. The van der Waals surface area contributed by atoms with Crippen molar-refractivity contribution in [2.45, 2.75) is 25.3 Å². The van der Waals surface area contributed by atoms with E-state index < -0.39 is 15.8 Å². The lowest BCUT2D eigenvalue weighted by atomic mass is 10.0. The maximum absolute atomic E-state index is 12.3. The van der Waals surface area contributed by atoms with E-state index in [-0.39, 0.29) is 11.9 Å². The van der Waals surface area contributed by atoms with E-state index in [1.54, 1.807) is 4.90 Å². The van der Waals surface area contributed by atoms with Crippen LogP contribution in [0, 0.1) is 0 Å². The van der Waals surface area contributed by atoms with E-state index in [1.807, 2.05) is 12.1 Å². The van der Waals surface area contributed by atoms with E-state index in [2.05, 4.69) is 35.1 Å². The van der Waals surface area contributed by atoms with Crippen molar-refractivity contribution in [2.24, 2.45) is 0 Å². The predicted octanol–water partition coefficient (Wildman–Crippen LogP) is 1.92. The molecule has 0 radical (unpaired) electrons. The molecule has 1 aliphatic heterocycles. The SMILES string of the molecule is CNS(=O)(=O)CC(=O)N1CCC[C@H]1Cc1ccc2ccccc2c1. The van der Waals surface area contributed by atoms with Gasteiger partial charge in [0.15, 0.2) is 0 Å². The molecule has 1 aliphatic rings. The van der Waals surface area contributed by atoms with E-state index in [1.165, 1.54) is 23.4 Å². The third-order valence-corrected chi connectivity index (χ3v) is 5.86. The smallest absolute Gasteiger partial charge is 0.239 e. The summed E-state index contributed by atoms with van der Waals surface area (Å²) in [7, 11) is -2.19. The van der Waals surface area contributed by atoms with Gasteiger partial charge in [0, 0.05) is 12.6 Å². The molecule has 6 heteroatoms. The Kier molecular flexibility index (Phi) is 4.87. The van der Waals surface area contributed by atoms with E-state index in [4.69, 9.17) is 0 Å². The Labute approximate surface area is 142 Å². The van der Waals surface area contributed by atoms with Crippen LogP contribution < -0.4 is 4.72 Å². The number of carbonyl (C=O) groups excluding carboxylic acids is 1. The van der Waals surface area contributed by atoms with Crippen LogP contribution in [-0.2, 0) is 21.2 Å². The van der Waals surface area contributed by atoms with Crippen molar-refractivity contribution in [3.63, 3.8) is 0 Å². The molecule has 0 bridgehead atoms. The highest BCUT2D eigenvalue weighted by atomic mass is 32.2. The molecular weight excluding hydrogens is 324 g/mol. The molecule has 0 spiro atoms. The molecule has 3 rings (SSSR count). The highest BCUT2D eigenvalue weighted by Crippen LogP contribution is 2.23. The molecule has 2 aromatic rings. The van der Waals surface area contributed by atoms with Crippen LogP contribution in [0.15, 0.2) is 42.5 Å². The van der Waals surface area contributed by atoms with Crippen LogP contribution in [0.2, 0.25) is 0 Å². The van der Waals surface area contributed by atoms with Gasteiger partial charge < -0.3 is 4.90 Å². The van der Waals surface area contributed by atoms with Gasteiger partial charge in [-0.05, 0) is 42.6 Å². The number of likely N-dealkylation sites (tertiary alicyclic amines) is 1. The predicted molar refractivity (Wildman–Crippen MR) is 95.2 cm³/mol. The first-order chi connectivity index (χ1) is 11.5. The molecule has 1 heterocycles. The summed E-state index contributed by atoms with van der Waals surface area (Å²) in [6, 6.07) is 14.6. The van der Waals surface area contributed by atoms with Crippen LogP contribution in [0.1, 0.15) is 18.4 Å². The summed E-state index contributed by atoms with van der Waals surface area (Å²) in [6.07, 6.45) is 2.60. The largest absolute Gasteiger partial charge is 0.338 e. The monoisotopic (exact) mass is 346 g/mol. The minimum absolute atomic E-state index is 0.0747. The molecule has 2 aromatic carbocycles. The van der Waals surface area contributed by atoms with Gasteiger partial charge in [-0.25, -0.2) is 13.1 Å². The topological polar surface area (TPSA) is 66.5 Å². The molecule has 1 N–H and O–H groups in total. The lowest BCUT2D eigenvalue weighted by molar-refractivity contribution is -0.129. The number of amides is 1. The molecule has 0 unspecified atom stereocenters. The maximum Gasteiger partial charge on any atom is 0.239 e. The number of benzene rings is 2. The average Bonchev–Trinajstić information content (AvgIpc) is 3.02. The van der Waals surface area contributed by atoms with E-state index in [0.717, 1.165) is 19.3 Å². The molecule has 1 amide bonds. The zero-order valence-corrected chi connectivity index (χ0v) is 14.6. The average molecular weight is 346 g/mol. The highest BCUT2D eigenvalue weighted by Gasteiger charge is 2.30. The first-order valence-electron chi connectivity index (χ1n) is 8.17. The normalized spacial score (nSPS) is 18.2. The number of nitrogens with one attached hydrogen (secondary N) is 1. The second-order valence-electron chi connectivity index (χ2n) is 6.23. The summed E-state index contributed by atoms with van der Waals surface area (Å²) in [5.41, 5.74) is 1.18. The fourth-order valence-corrected chi connectivity index (χ4v) is 3.97. The molecule has 0 saturated carbocycles. The number of hydrogen-bond donors (Lipinski definition) is 1. The molecule has 0 aliphatic carbocycles. The molecule has 1 atom stereocenters. The van der Waals surface area contributed by atoms with Gasteiger partial charge in [-0.2, -0.15) is 0 Å². The van der Waals surface area contributed by atoms with Crippen LogP contribution in [0.25, 0.3) is 10.8 Å². The van der Waals surface area contributed by atoms with Crippen molar-refractivity contribution in [2.75, 3.05) is 19.3 Å². The van der Waals surface area contributed by atoms with Crippen LogP contribution in [0.4, 0.5) is 0 Å². The van der Waals surface area contributed by atoms with Crippen LogP contribution in [0.5, 0.6) is 0 Å². The van der Waals surface area contributed by atoms with Gasteiger partial charge in [0.2, 0.25) is 15.9 Å². The van der Waals surface area contributed by atoms with Crippen LogP contribution >= 0.6 is 0 Å². The molecule has 0 aromatic heterocycles. The first kappa shape index (κ1) is 16.9. The van der Waals surface area contributed by atoms with Gasteiger partial charge in [-0.15, -0.1) is 0 Å². The second-order valence-corrected chi connectivity index (χ2v) is 8.16.